The monoisotopic (exact) mass is 458 g/mol. The van der Waals surface area contributed by atoms with Gasteiger partial charge in [0, 0.05) is 18.7 Å². The summed E-state index contributed by atoms with van der Waals surface area (Å²) in [6.45, 7) is 2.04. The molecule has 0 amide bonds. The van der Waals surface area contributed by atoms with Crippen molar-refractivity contribution in [3.05, 3.63) is 53.6 Å². The van der Waals surface area contributed by atoms with Crippen molar-refractivity contribution in [2.75, 3.05) is 20.2 Å². The topological polar surface area (TPSA) is 107 Å². The first-order chi connectivity index (χ1) is 14.6. The lowest BCUT2D eigenvalue weighted by molar-refractivity contribution is 0.0645. The molecule has 0 bridgehead atoms. The summed E-state index contributed by atoms with van der Waals surface area (Å²) in [5.74, 6) is -3.64. The van der Waals surface area contributed by atoms with Gasteiger partial charge in [0.25, 0.3) is 5.95 Å². The molecule has 1 aromatic carbocycles. The van der Waals surface area contributed by atoms with Crippen LogP contribution >= 0.6 is 0 Å². The first-order valence-corrected chi connectivity index (χ1v) is 10.8. The van der Waals surface area contributed by atoms with Crippen molar-refractivity contribution < 1.29 is 31.1 Å². The number of aliphatic imine (C=N–C) groups is 1. The van der Waals surface area contributed by atoms with Gasteiger partial charge in [0.15, 0.2) is 5.75 Å². The summed E-state index contributed by atoms with van der Waals surface area (Å²) in [5, 5.41) is -1.40. The number of ether oxygens (including phenoxy) is 2. The highest BCUT2D eigenvalue weighted by atomic mass is 32.2. The van der Waals surface area contributed by atoms with Gasteiger partial charge in [-0.15, -0.1) is 0 Å². The lowest BCUT2D eigenvalue weighted by atomic mass is 10.1. The summed E-state index contributed by atoms with van der Waals surface area (Å²) in [5.41, 5.74) is 5.52. The molecule has 0 unspecified atom stereocenters. The summed E-state index contributed by atoms with van der Waals surface area (Å²) in [7, 11) is -2.99. The Morgan fingerprint density at radius 1 is 1.26 bits per heavy atom. The number of sulfonamides is 1. The minimum Gasteiger partial charge on any atom is -0.452 e. The molecule has 12 heteroatoms. The first kappa shape index (κ1) is 22.8. The lowest BCUT2D eigenvalue weighted by Crippen LogP contribution is -2.43. The zero-order chi connectivity index (χ0) is 22.8. The van der Waals surface area contributed by atoms with E-state index >= 15 is 0 Å². The van der Waals surface area contributed by atoms with E-state index in [9.17, 15) is 21.6 Å². The summed E-state index contributed by atoms with van der Waals surface area (Å²) >= 11 is 0. The van der Waals surface area contributed by atoms with E-state index in [0.717, 1.165) is 28.6 Å². The number of hydrogen-bond acceptors (Lipinski definition) is 7. The van der Waals surface area contributed by atoms with E-state index < -0.39 is 44.7 Å². The van der Waals surface area contributed by atoms with Crippen LogP contribution in [0.3, 0.4) is 0 Å². The van der Waals surface area contributed by atoms with Gasteiger partial charge in [-0.05, 0) is 31.5 Å². The highest BCUT2D eigenvalue weighted by Crippen LogP contribution is 2.36. The molecule has 0 saturated heterocycles. The Balaban J connectivity index is 2.05. The quantitative estimate of drug-likeness (QED) is 0.709. The number of nitrogens with two attached hydrogens (primary N) is 1. The average Bonchev–Trinajstić information content (AvgIpc) is 2.72. The predicted octanol–water partition coefficient (Wildman–Crippen LogP) is 2.72. The SMILES string of the molecule is C[C@H]1C[C@H](c2cc(Oc3cc(F)cnc3F)ccc2F)S(=O)(=O)N(C)C(N)=NCCO1. The summed E-state index contributed by atoms with van der Waals surface area (Å²) in [6, 6.07) is 4.02. The second-order valence-electron chi connectivity index (χ2n) is 6.89. The van der Waals surface area contributed by atoms with Crippen LogP contribution in [0.25, 0.3) is 0 Å². The highest BCUT2D eigenvalue weighted by Gasteiger charge is 2.36. The Hall–Kier alpha value is -2.86. The molecule has 3 rings (SSSR count). The molecule has 168 valence electrons. The fraction of sp³-hybridized carbons (Fsp3) is 0.368. The van der Waals surface area contributed by atoms with E-state index in [2.05, 4.69) is 9.98 Å². The zero-order valence-corrected chi connectivity index (χ0v) is 17.6. The maximum Gasteiger partial charge on any atom is 0.256 e. The Kier molecular flexibility index (Phi) is 6.70. The number of hydrogen-bond donors (Lipinski definition) is 1. The van der Waals surface area contributed by atoms with Gasteiger partial charge in [-0.25, -0.2) is 26.5 Å². The molecule has 0 spiro atoms. The Bertz CT molecular complexity index is 1100. The number of halogens is 3. The lowest BCUT2D eigenvalue weighted by Gasteiger charge is -2.29. The molecular weight excluding hydrogens is 437 g/mol. The number of benzene rings is 1. The van der Waals surface area contributed by atoms with Gasteiger partial charge in [0.1, 0.15) is 22.6 Å². The summed E-state index contributed by atoms with van der Waals surface area (Å²) in [4.78, 5) is 7.16. The van der Waals surface area contributed by atoms with E-state index in [4.69, 9.17) is 15.2 Å². The van der Waals surface area contributed by atoms with Crippen molar-refractivity contribution in [2.45, 2.75) is 24.7 Å². The van der Waals surface area contributed by atoms with Gasteiger partial charge >= 0.3 is 0 Å². The number of aromatic nitrogens is 1. The highest BCUT2D eigenvalue weighted by molar-refractivity contribution is 7.89. The molecule has 2 aromatic rings. The van der Waals surface area contributed by atoms with E-state index in [0.29, 0.717) is 6.20 Å². The normalized spacial score (nSPS) is 22.0. The van der Waals surface area contributed by atoms with Gasteiger partial charge in [-0.1, -0.05) is 0 Å². The van der Waals surface area contributed by atoms with Crippen LogP contribution in [-0.2, 0) is 14.8 Å². The molecule has 1 aromatic heterocycles. The van der Waals surface area contributed by atoms with Gasteiger partial charge in [0.05, 0.1) is 25.5 Å². The molecule has 0 radical (unpaired) electrons. The second kappa shape index (κ2) is 9.10. The maximum absolute atomic E-state index is 14.8. The second-order valence-corrected chi connectivity index (χ2v) is 9.03. The van der Waals surface area contributed by atoms with Crippen LogP contribution in [0.4, 0.5) is 13.2 Å². The van der Waals surface area contributed by atoms with Crippen LogP contribution in [0.2, 0.25) is 0 Å². The van der Waals surface area contributed by atoms with Crippen molar-refractivity contribution in [1.29, 1.82) is 0 Å². The molecular formula is C19H21F3N4O4S. The van der Waals surface area contributed by atoms with Crippen LogP contribution in [0.1, 0.15) is 24.2 Å². The maximum atomic E-state index is 14.8. The van der Waals surface area contributed by atoms with Gasteiger partial charge < -0.3 is 15.2 Å². The van der Waals surface area contributed by atoms with Gasteiger partial charge in [-0.2, -0.15) is 4.39 Å². The van der Waals surface area contributed by atoms with Crippen molar-refractivity contribution in [1.82, 2.24) is 9.29 Å². The minimum absolute atomic E-state index is 0.0871. The third kappa shape index (κ3) is 5.07. The molecule has 8 nitrogen and oxygen atoms in total. The molecule has 0 aliphatic carbocycles. The van der Waals surface area contributed by atoms with Crippen molar-refractivity contribution in [3.8, 4) is 11.5 Å². The van der Waals surface area contributed by atoms with E-state index in [1.807, 2.05) is 0 Å². The zero-order valence-electron chi connectivity index (χ0n) is 16.8. The Labute approximate surface area is 177 Å². The first-order valence-electron chi connectivity index (χ1n) is 9.27. The fourth-order valence-corrected chi connectivity index (χ4v) is 4.76. The Morgan fingerprint density at radius 3 is 2.74 bits per heavy atom. The van der Waals surface area contributed by atoms with Crippen molar-refractivity contribution in [2.24, 2.45) is 10.7 Å². The standard InChI is InChI=1S/C19H21F3N4O4S/c1-11-7-17(31(27,28)26(2)19(23)24-5-6-29-11)14-9-13(3-4-15(14)21)30-16-8-12(20)10-25-18(16)22/h3-4,8-11,17H,5-7H2,1-2H3,(H2,23,24)/t11-,17+/m0/s1. The number of rotatable bonds is 3. The van der Waals surface area contributed by atoms with Crippen LogP contribution in [0.15, 0.2) is 35.5 Å². The third-order valence-corrected chi connectivity index (χ3v) is 6.81. The van der Waals surface area contributed by atoms with Gasteiger partial charge in [0.2, 0.25) is 16.0 Å². The van der Waals surface area contributed by atoms with Crippen molar-refractivity contribution in [3.63, 3.8) is 0 Å². The summed E-state index contributed by atoms with van der Waals surface area (Å²) in [6.07, 6.45) is 0.0427. The molecule has 1 aliphatic rings. The van der Waals surface area contributed by atoms with E-state index in [-0.39, 0.29) is 36.8 Å². The minimum atomic E-state index is -4.21. The van der Waals surface area contributed by atoms with E-state index in [1.165, 1.54) is 7.05 Å². The number of nitrogens with zero attached hydrogens (tertiary/aromatic N) is 3. The molecule has 0 fully saturated rings. The molecule has 2 heterocycles. The fourth-order valence-electron chi connectivity index (χ4n) is 3.05. The molecule has 1 aliphatic heterocycles. The number of guanidine groups is 1. The largest absolute Gasteiger partial charge is 0.452 e. The van der Waals surface area contributed by atoms with Crippen LogP contribution in [0.5, 0.6) is 11.5 Å². The van der Waals surface area contributed by atoms with Crippen LogP contribution in [0, 0.1) is 17.6 Å². The average molecular weight is 458 g/mol. The molecule has 31 heavy (non-hydrogen) atoms. The van der Waals surface area contributed by atoms with E-state index in [1.54, 1.807) is 6.92 Å². The Morgan fingerprint density at radius 2 is 2.00 bits per heavy atom. The van der Waals surface area contributed by atoms with Gasteiger partial charge in [-0.3, -0.25) is 4.99 Å². The smallest absolute Gasteiger partial charge is 0.256 e. The van der Waals surface area contributed by atoms with Crippen LogP contribution < -0.4 is 10.5 Å². The summed E-state index contributed by atoms with van der Waals surface area (Å²) < 4.78 is 80.0. The molecule has 0 saturated carbocycles. The molecule has 2 N–H and O–H groups in total. The predicted molar refractivity (Wildman–Crippen MR) is 107 cm³/mol. The van der Waals surface area contributed by atoms with Crippen LogP contribution in [-0.4, -0.2) is 50.0 Å². The van der Waals surface area contributed by atoms with Crippen molar-refractivity contribution >= 4 is 16.0 Å². The molecule has 2 atom stereocenters. The third-order valence-electron chi connectivity index (χ3n) is 4.69. The number of pyridine rings is 1.